The molecule has 1 aliphatic heterocycles. The molecular formula is C21H23N3O3. The third-order valence-electron chi connectivity index (χ3n) is 4.51. The van der Waals surface area contributed by atoms with Gasteiger partial charge in [0.2, 0.25) is 11.8 Å². The summed E-state index contributed by atoms with van der Waals surface area (Å²) in [6.07, 6.45) is 1.44. The minimum Gasteiger partial charge on any atom is -0.383 e. The second-order valence-corrected chi connectivity index (χ2v) is 6.42. The summed E-state index contributed by atoms with van der Waals surface area (Å²) in [5, 5.41) is 0. The molecule has 27 heavy (non-hydrogen) atoms. The minimum atomic E-state index is -0.986. The van der Waals surface area contributed by atoms with Crippen LogP contribution >= 0.6 is 0 Å². The van der Waals surface area contributed by atoms with Crippen LogP contribution in [0.4, 0.5) is 17.1 Å². The molecule has 0 spiro atoms. The molecule has 2 aromatic rings. The van der Waals surface area contributed by atoms with Gasteiger partial charge in [0.15, 0.2) is 5.92 Å². The molecule has 0 aromatic heterocycles. The van der Waals surface area contributed by atoms with Crippen molar-refractivity contribution in [3.63, 3.8) is 0 Å². The summed E-state index contributed by atoms with van der Waals surface area (Å²) < 4.78 is 4.98. The lowest BCUT2D eigenvalue weighted by Crippen LogP contribution is -2.40. The molecule has 2 amide bonds. The van der Waals surface area contributed by atoms with Crippen molar-refractivity contribution < 1.29 is 14.3 Å². The average Bonchev–Trinajstić information content (AvgIpc) is 2.75. The predicted octanol–water partition coefficient (Wildman–Crippen LogP) is 2.97. The van der Waals surface area contributed by atoms with Gasteiger partial charge in [0, 0.05) is 26.1 Å². The topological polar surface area (TPSA) is 62.2 Å². The van der Waals surface area contributed by atoms with E-state index in [1.165, 1.54) is 11.1 Å². The van der Waals surface area contributed by atoms with Gasteiger partial charge in [0.1, 0.15) is 0 Å². The normalized spacial score (nSPS) is 17.4. The number of benzene rings is 2. The number of rotatable bonds is 5. The lowest BCUT2D eigenvalue weighted by Gasteiger charge is -2.24. The molecular weight excluding hydrogens is 342 g/mol. The highest BCUT2D eigenvalue weighted by molar-refractivity contribution is 6.26. The standard InChI is InChI=1S/C21H23N3O3/c1-15-9-10-18-19(13-15)23(2)20(25)17(14-22-11-12-27-3)21(26)24(18)16-7-5-4-6-8-16/h4-10,13-14,17H,11-12H2,1-3H3. The van der Waals surface area contributed by atoms with Crippen molar-refractivity contribution in [3.05, 3.63) is 54.1 Å². The molecule has 1 heterocycles. The van der Waals surface area contributed by atoms with E-state index in [0.717, 1.165) is 5.56 Å². The monoisotopic (exact) mass is 365 g/mol. The molecule has 0 N–H and O–H groups in total. The van der Waals surface area contributed by atoms with Crippen LogP contribution in [-0.4, -0.2) is 45.3 Å². The summed E-state index contributed by atoms with van der Waals surface area (Å²) in [7, 11) is 3.28. The second kappa shape index (κ2) is 8.14. The fourth-order valence-corrected chi connectivity index (χ4v) is 3.08. The average molecular weight is 365 g/mol. The Bertz CT molecular complexity index is 864. The first kappa shape index (κ1) is 18.8. The zero-order chi connectivity index (χ0) is 19.4. The van der Waals surface area contributed by atoms with E-state index in [1.54, 1.807) is 19.1 Å². The van der Waals surface area contributed by atoms with Crippen molar-refractivity contribution in [2.45, 2.75) is 6.92 Å². The first-order chi connectivity index (χ1) is 13.0. The molecule has 0 radical (unpaired) electrons. The summed E-state index contributed by atoms with van der Waals surface area (Å²) in [5.74, 6) is -1.60. The molecule has 0 aliphatic carbocycles. The van der Waals surface area contributed by atoms with E-state index >= 15 is 0 Å². The second-order valence-electron chi connectivity index (χ2n) is 6.42. The molecule has 140 valence electrons. The Kier molecular flexibility index (Phi) is 5.66. The van der Waals surface area contributed by atoms with Crippen LogP contribution in [0.2, 0.25) is 0 Å². The zero-order valence-corrected chi connectivity index (χ0v) is 15.8. The van der Waals surface area contributed by atoms with Gasteiger partial charge >= 0.3 is 0 Å². The molecule has 0 saturated carbocycles. The van der Waals surface area contributed by atoms with Crippen LogP contribution in [-0.2, 0) is 14.3 Å². The van der Waals surface area contributed by atoms with Gasteiger partial charge in [-0.2, -0.15) is 0 Å². The van der Waals surface area contributed by atoms with Crippen molar-refractivity contribution in [3.8, 4) is 0 Å². The third-order valence-corrected chi connectivity index (χ3v) is 4.51. The van der Waals surface area contributed by atoms with Crippen molar-refractivity contribution in [2.75, 3.05) is 37.1 Å². The van der Waals surface area contributed by atoms with Crippen LogP contribution < -0.4 is 9.80 Å². The molecule has 1 atom stereocenters. The van der Waals surface area contributed by atoms with Crippen molar-refractivity contribution in [2.24, 2.45) is 10.9 Å². The van der Waals surface area contributed by atoms with E-state index in [-0.39, 0.29) is 11.8 Å². The van der Waals surface area contributed by atoms with Gasteiger partial charge in [-0.1, -0.05) is 24.3 Å². The predicted molar refractivity (Wildman–Crippen MR) is 107 cm³/mol. The lowest BCUT2D eigenvalue weighted by molar-refractivity contribution is -0.128. The fourth-order valence-electron chi connectivity index (χ4n) is 3.08. The molecule has 1 aliphatic rings. The molecule has 0 fully saturated rings. The molecule has 2 aromatic carbocycles. The minimum absolute atomic E-state index is 0.300. The lowest BCUT2D eigenvalue weighted by atomic mass is 10.1. The number of carbonyl (C=O) groups is 2. The molecule has 0 saturated heterocycles. The van der Waals surface area contributed by atoms with Crippen LogP contribution in [0.15, 0.2) is 53.5 Å². The Morgan fingerprint density at radius 1 is 1.07 bits per heavy atom. The van der Waals surface area contributed by atoms with E-state index in [0.29, 0.717) is 30.2 Å². The fraction of sp³-hybridized carbons (Fsp3) is 0.286. The number of aryl methyl sites for hydroxylation is 1. The van der Waals surface area contributed by atoms with E-state index in [4.69, 9.17) is 4.74 Å². The van der Waals surface area contributed by atoms with Gasteiger partial charge in [-0.25, -0.2) is 0 Å². The summed E-state index contributed by atoms with van der Waals surface area (Å²) in [5.41, 5.74) is 3.11. The van der Waals surface area contributed by atoms with Crippen molar-refractivity contribution >= 4 is 35.1 Å². The number of amides is 2. The SMILES string of the molecule is COCCN=CC1C(=O)N(C)c2cc(C)ccc2N(c2ccccc2)C1=O. The van der Waals surface area contributed by atoms with Crippen molar-refractivity contribution in [1.82, 2.24) is 0 Å². The van der Waals surface area contributed by atoms with Crippen LogP contribution in [0.3, 0.4) is 0 Å². The van der Waals surface area contributed by atoms with Crippen LogP contribution in [0.5, 0.6) is 0 Å². The number of methoxy groups -OCH3 is 1. The zero-order valence-electron chi connectivity index (χ0n) is 15.8. The molecule has 3 rings (SSSR count). The maximum Gasteiger partial charge on any atom is 0.249 e. The maximum atomic E-state index is 13.4. The Balaban J connectivity index is 2.11. The van der Waals surface area contributed by atoms with Crippen LogP contribution in [0.1, 0.15) is 5.56 Å². The first-order valence-corrected chi connectivity index (χ1v) is 8.80. The summed E-state index contributed by atoms with van der Waals surface area (Å²) in [4.78, 5) is 33.8. The first-order valence-electron chi connectivity index (χ1n) is 8.80. The number of hydrogen-bond acceptors (Lipinski definition) is 4. The Labute approximate surface area is 159 Å². The van der Waals surface area contributed by atoms with E-state index < -0.39 is 5.92 Å². The van der Waals surface area contributed by atoms with E-state index in [1.807, 2.05) is 55.5 Å². The summed E-state index contributed by atoms with van der Waals surface area (Å²) >= 11 is 0. The Morgan fingerprint density at radius 2 is 1.81 bits per heavy atom. The smallest absolute Gasteiger partial charge is 0.249 e. The quantitative estimate of drug-likeness (QED) is 0.465. The number of ether oxygens (including phenoxy) is 1. The van der Waals surface area contributed by atoms with E-state index in [2.05, 4.69) is 4.99 Å². The number of fused-ring (bicyclic) bond motifs is 1. The highest BCUT2D eigenvalue weighted by Crippen LogP contribution is 2.38. The van der Waals surface area contributed by atoms with Gasteiger partial charge in [0.05, 0.1) is 24.5 Å². The van der Waals surface area contributed by atoms with Gasteiger partial charge < -0.3 is 9.64 Å². The Hall–Kier alpha value is -2.99. The number of hydrogen-bond donors (Lipinski definition) is 0. The van der Waals surface area contributed by atoms with E-state index in [9.17, 15) is 9.59 Å². The third kappa shape index (κ3) is 3.75. The molecule has 6 heteroatoms. The molecule has 6 nitrogen and oxygen atoms in total. The van der Waals surface area contributed by atoms with Gasteiger partial charge in [0.25, 0.3) is 0 Å². The van der Waals surface area contributed by atoms with Gasteiger partial charge in [-0.15, -0.1) is 0 Å². The number of anilines is 3. The van der Waals surface area contributed by atoms with Gasteiger partial charge in [-0.3, -0.25) is 19.5 Å². The number of aliphatic imine (C=N–C) groups is 1. The maximum absolute atomic E-state index is 13.4. The largest absolute Gasteiger partial charge is 0.383 e. The highest BCUT2D eigenvalue weighted by Gasteiger charge is 2.38. The van der Waals surface area contributed by atoms with Crippen molar-refractivity contribution in [1.29, 1.82) is 0 Å². The summed E-state index contributed by atoms with van der Waals surface area (Å²) in [6.45, 7) is 2.79. The number of para-hydroxylation sites is 1. The molecule has 1 unspecified atom stereocenters. The number of carbonyl (C=O) groups excluding carboxylic acids is 2. The molecule has 0 bridgehead atoms. The van der Waals surface area contributed by atoms with Crippen LogP contribution in [0.25, 0.3) is 0 Å². The Morgan fingerprint density at radius 3 is 2.52 bits per heavy atom. The number of nitrogens with zero attached hydrogens (tertiary/aromatic N) is 3. The van der Waals surface area contributed by atoms with Gasteiger partial charge in [-0.05, 0) is 36.8 Å². The summed E-state index contributed by atoms with van der Waals surface area (Å²) in [6, 6.07) is 15.1. The van der Waals surface area contributed by atoms with Crippen LogP contribution in [0, 0.1) is 12.8 Å². The highest BCUT2D eigenvalue weighted by atomic mass is 16.5.